The third kappa shape index (κ3) is 3.33. The van der Waals surface area contributed by atoms with Crippen molar-refractivity contribution in [3.8, 4) is 5.69 Å². The third-order valence-corrected chi connectivity index (χ3v) is 4.70. The third-order valence-electron chi connectivity index (χ3n) is 4.13. The molecule has 0 fully saturated rings. The second-order valence-electron chi connectivity index (χ2n) is 7.23. The predicted octanol–water partition coefficient (Wildman–Crippen LogP) is 2.74. The van der Waals surface area contributed by atoms with Gasteiger partial charge in [-0.3, -0.25) is 18.7 Å². The van der Waals surface area contributed by atoms with E-state index >= 15 is 0 Å². The number of imidazole rings is 1. The van der Waals surface area contributed by atoms with Gasteiger partial charge in [0.05, 0.1) is 16.1 Å². The molecule has 0 saturated heterocycles. The van der Waals surface area contributed by atoms with Gasteiger partial charge in [0.25, 0.3) is 5.56 Å². The standard InChI is InChI=1S/C18H18Cl2N4O4/c1-18(2,3)15(26)28-9-23-13-12(14(25)22(4)17(23)27)24(16(20)21-13)11-8-6-5-7-10(11)19/h5-8H,9H2,1-4H3. The number of rotatable bonds is 3. The van der Waals surface area contributed by atoms with Crippen molar-refractivity contribution in [2.24, 2.45) is 12.5 Å². The largest absolute Gasteiger partial charge is 0.443 e. The van der Waals surface area contributed by atoms with Crippen LogP contribution < -0.4 is 11.2 Å². The van der Waals surface area contributed by atoms with Crippen LogP contribution in [0.15, 0.2) is 33.9 Å². The highest BCUT2D eigenvalue weighted by Gasteiger charge is 2.25. The normalized spacial score (nSPS) is 11.8. The highest BCUT2D eigenvalue weighted by Crippen LogP contribution is 2.27. The van der Waals surface area contributed by atoms with Gasteiger partial charge in [0, 0.05) is 7.05 Å². The van der Waals surface area contributed by atoms with E-state index in [-0.39, 0.29) is 16.4 Å². The minimum absolute atomic E-state index is 0.000251. The molecule has 0 amide bonds. The van der Waals surface area contributed by atoms with Crippen LogP contribution in [0.25, 0.3) is 16.9 Å². The van der Waals surface area contributed by atoms with E-state index in [0.29, 0.717) is 10.7 Å². The number of halogens is 2. The van der Waals surface area contributed by atoms with Crippen LogP contribution in [0.2, 0.25) is 10.3 Å². The number of esters is 1. The summed E-state index contributed by atoms with van der Waals surface area (Å²) >= 11 is 12.5. The Morgan fingerprint density at radius 2 is 1.82 bits per heavy atom. The van der Waals surface area contributed by atoms with Crippen LogP contribution in [0, 0.1) is 5.41 Å². The zero-order valence-corrected chi connectivity index (χ0v) is 17.2. The summed E-state index contributed by atoms with van der Waals surface area (Å²) in [4.78, 5) is 41.7. The molecule has 0 N–H and O–H groups in total. The summed E-state index contributed by atoms with van der Waals surface area (Å²) in [5, 5.41) is 0.296. The molecule has 2 heterocycles. The second-order valence-corrected chi connectivity index (χ2v) is 7.97. The Hall–Kier alpha value is -2.58. The molecule has 0 atom stereocenters. The monoisotopic (exact) mass is 424 g/mol. The Morgan fingerprint density at radius 3 is 2.43 bits per heavy atom. The Morgan fingerprint density at radius 1 is 1.18 bits per heavy atom. The van der Waals surface area contributed by atoms with Gasteiger partial charge >= 0.3 is 11.7 Å². The summed E-state index contributed by atoms with van der Waals surface area (Å²) < 4.78 is 8.59. The molecule has 10 heteroatoms. The van der Waals surface area contributed by atoms with Crippen LogP contribution >= 0.6 is 23.2 Å². The van der Waals surface area contributed by atoms with Gasteiger partial charge in [-0.05, 0) is 44.5 Å². The van der Waals surface area contributed by atoms with Crippen LogP contribution in [0.5, 0.6) is 0 Å². The second kappa shape index (κ2) is 7.10. The predicted molar refractivity (Wildman–Crippen MR) is 106 cm³/mol. The van der Waals surface area contributed by atoms with Gasteiger partial charge in [0.15, 0.2) is 17.9 Å². The number of fused-ring (bicyclic) bond motifs is 1. The van der Waals surface area contributed by atoms with E-state index in [9.17, 15) is 14.4 Å². The molecule has 0 aliphatic rings. The van der Waals surface area contributed by atoms with E-state index in [4.69, 9.17) is 27.9 Å². The molecular weight excluding hydrogens is 407 g/mol. The fourth-order valence-corrected chi connectivity index (χ4v) is 3.06. The van der Waals surface area contributed by atoms with Gasteiger partial charge < -0.3 is 4.74 Å². The Labute approximate surface area is 169 Å². The van der Waals surface area contributed by atoms with Crippen molar-refractivity contribution in [2.45, 2.75) is 27.5 Å². The van der Waals surface area contributed by atoms with E-state index in [0.717, 1.165) is 9.13 Å². The molecule has 1 aromatic carbocycles. The summed E-state index contributed by atoms with van der Waals surface area (Å²) in [6, 6.07) is 6.78. The summed E-state index contributed by atoms with van der Waals surface area (Å²) in [6.45, 7) is 4.67. The maximum Gasteiger partial charge on any atom is 0.335 e. The number of hydrogen-bond donors (Lipinski definition) is 0. The Kier molecular flexibility index (Phi) is 5.12. The zero-order chi connectivity index (χ0) is 20.8. The lowest BCUT2D eigenvalue weighted by Gasteiger charge is -2.17. The number of carbonyl (C=O) groups excluding carboxylic acids is 1. The molecule has 3 aromatic rings. The van der Waals surface area contributed by atoms with Gasteiger partial charge in [-0.2, -0.15) is 4.98 Å². The minimum atomic E-state index is -0.752. The van der Waals surface area contributed by atoms with Crippen molar-refractivity contribution < 1.29 is 9.53 Å². The molecule has 0 bridgehead atoms. The Bertz CT molecular complexity index is 1200. The molecule has 8 nitrogen and oxygen atoms in total. The zero-order valence-electron chi connectivity index (χ0n) is 15.7. The van der Waals surface area contributed by atoms with E-state index < -0.39 is 29.4 Å². The van der Waals surface area contributed by atoms with Gasteiger partial charge in [0.2, 0.25) is 5.28 Å². The van der Waals surface area contributed by atoms with Gasteiger partial charge in [-0.15, -0.1) is 0 Å². The molecule has 28 heavy (non-hydrogen) atoms. The first-order chi connectivity index (χ1) is 13.0. The highest BCUT2D eigenvalue weighted by molar-refractivity contribution is 6.33. The highest BCUT2D eigenvalue weighted by atomic mass is 35.5. The van der Waals surface area contributed by atoms with Crippen molar-refractivity contribution in [3.05, 3.63) is 55.4 Å². The summed E-state index contributed by atoms with van der Waals surface area (Å²) in [5.74, 6) is -0.502. The van der Waals surface area contributed by atoms with E-state index in [2.05, 4.69) is 4.98 Å². The number of nitrogens with zero attached hydrogens (tertiary/aromatic N) is 4. The van der Waals surface area contributed by atoms with Crippen molar-refractivity contribution in [3.63, 3.8) is 0 Å². The van der Waals surface area contributed by atoms with Crippen LogP contribution in [0.1, 0.15) is 20.8 Å². The van der Waals surface area contributed by atoms with Crippen LogP contribution in [-0.2, 0) is 23.3 Å². The molecule has 0 saturated carbocycles. The fourth-order valence-electron chi connectivity index (χ4n) is 2.59. The van der Waals surface area contributed by atoms with Crippen molar-refractivity contribution >= 4 is 40.3 Å². The summed E-state index contributed by atoms with van der Waals surface area (Å²) in [6.07, 6.45) is 0. The maximum atomic E-state index is 12.8. The Balaban J connectivity index is 2.27. The molecule has 0 aliphatic carbocycles. The van der Waals surface area contributed by atoms with Crippen molar-refractivity contribution in [1.82, 2.24) is 18.7 Å². The molecule has 148 valence electrons. The molecule has 2 aromatic heterocycles. The first-order valence-electron chi connectivity index (χ1n) is 8.34. The lowest BCUT2D eigenvalue weighted by atomic mass is 9.98. The first kappa shape index (κ1) is 20.2. The van der Waals surface area contributed by atoms with Gasteiger partial charge in [-0.1, -0.05) is 23.7 Å². The molecule has 3 rings (SSSR count). The average molecular weight is 425 g/mol. The number of carbonyl (C=O) groups is 1. The van der Waals surface area contributed by atoms with Crippen LogP contribution in [-0.4, -0.2) is 24.7 Å². The van der Waals surface area contributed by atoms with Gasteiger partial charge in [0.1, 0.15) is 0 Å². The molecule has 0 spiro atoms. The maximum absolute atomic E-state index is 12.8. The van der Waals surface area contributed by atoms with E-state index in [1.54, 1.807) is 45.0 Å². The van der Waals surface area contributed by atoms with Crippen molar-refractivity contribution in [2.75, 3.05) is 0 Å². The van der Waals surface area contributed by atoms with Crippen LogP contribution in [0.3, 0.4) is 0 Å². The van der Waals surface area contributed by atoms with Crippen LogP contribution in [0.4, 0.5) is 0 Å². The SMILES string of the molecule is Cn1c(=O)c2c(nc(Cl)n2-c2ccccc2Cl)n(COC(=O)C(C)(C)C)c1=O. The molecule has 0 aliphatic heterocycles. The molecule has 0 radical (unpaired) electrons. The smallest absolute Gasteiger partial charge is 0.335 e. The quantitative estimate of drug-likeness (QED) is 0.476. The number of aromatic nitrogens is 4. The summed E-state index contributed by atoms with van der Waals surface area (Å²) in [5.41, 5.74) is -1.55. The van der Waals surface area contributed by atoms with Crippen molar-refractivity contribution in [1.29, 1.82) is 0 Å². The number of ether oxygens (including phenoxy) is 1. The lowest BCUT2D eigenvalue weighted by molar-refractivity contribution is -0.156. The number of benzene rings is 1. The van der Waals surface area contributed by atoms with Gasteiger partial charge in [-0.25, -0.2) is 9.36 Å². The fraction of sp³-hybridized carbons (Fsp3) is 0.333. The first-order valence-corrected chi connectivity index (χ1v) is 9.09. The topological polar surface area (TPSA) is 88.1 Å². The van der Waals surface area contributed by atoms with E-state index in [1.165, 1.54) is 11.6 Å². The average Bonchev–Trinajstić information content (AvgIpc) is 2.96. The number of para-hydroxylation sites is 1. The van der Waals surface area contributed by atoms with E-state index in [1.807, 2.05) is 0 Å². The lowest BCUT2D eigenvalue weighted by Crippen LogP contribution is -2.39. The molecular formula is C18H18Cl2N4O4. The number of hydrogen-bond acceptors (Lipinski definition) is 5. The minimum Gasteiger partial charge on any atom is -0.443 e. The molecule has 0 unspecified atom stereocenters. The summed E-state index contributed by atoms with van der Waals surface area (Å²) in [7, 11) is 1.32.